The molecule has 0 N–H and O–H groups in total. The Balaban J connectivity index is 1.85. The second kappa shape index (κ2) is 5.25. The highest BCUT2D eigenvalue weighted by Crippen LogP contribution is 2.29. The maximum absolute atomic E-state index is 12.5. The fraction of sp³-hybridized carbons (Fsp3) is 0.133. The lowest BCUT2D eigenvalue weighted by molar-refractivity contribution is -0.137. The van der Waals surface area contributed by atoms with Gasteiger partial charge in [0.1, 0.15) is 6.29 Å². The Labute approximate surface area is 123 Å². The smallest absolute Gasteiger partial charge is 0.298 e. The number of hydrogen-bond acceptors (Lipinski definition) is 3. The summed E-state index contributed by atoms with van der Waals surface area (Å²) >= 11 is 0. The normalized spacial score (nSPS) is 11.8. The van der Waals surface area contributed by atoms with Gasteiger partial charge in [-0.15, -0.1) is 0 Å². The number of halogens is 3. The number of hydrogen-bond donors (Lipinski definition) is 0. The quantitative estimate of drug-likeness (QED) is 0.698. The third-order valence-electron chi connectivity index (χ3n) is 3.19. The van der Waals surface area contributed by atoms with Crippen LogP contribution in [0.4, 0.5) is 13.2 Å². The minimum Gasteiger partial charge on any atom is -0.298 e. The lowest BCUT2D eigenvalue weighted by atomic mass is 10.1. The number of fused-ring (bicyclic) bond motifs is 1. The van der Waals surface area contributed by atoms with Gasteiger partial charge in [-0.25, -0.2) is 9.50 Å². The van der Waals surface area contributed by atoms with Crippen LogP contribution in [0, 0.1) is 0 Å². The van der Waals surface area contributed by atoms with Crippen LogP contribution in [-0.4, -0.2) is 20.9 Å². The molecule has 0 saturated carbocycles. The van der Waals surface area contributed by atoms with Crippen LogP contribution >= 0.6 is 0 Å². The summed E-state index contributed by atoms with van der Waals surface area (Å²) in [5, 5.41) is 4.22. The number of benzene rings is 1. The van der Waals surface area contributed by atoms with Crippen molar-refractivity contribution in [3.05, 3.63) is 65.1 Å². The van der Waals surface area contributed by atoms with E-state index >= 15 is 0 Å². The first-order valence-electron chi connectivity index (χ1n) is 6.42. The van der Waals surface area contributed by atoms with E-state index in [2.05, 4.69) is 10.1 Å². The molecule has 3 aromatic rings. The molecule has 0 aliphatic heterocycles. The number of carbonyl (C=O) groups excluding carboxylic acids is 1. The van der Waals surface area contributed by atoms with E-state index < -0.39 is 11.7 Å². The molecule has 22 heavy (non-hydrogen) atoms. The molecule has 0 unspecified atom stereocenters. The summed E-state index contributed by atoms with van der Waals surface area (Å²) in [6.07, 6.45) is -1.70. The zero-order chi connectivity index (χ0) is 15.7. The fourth-order valence-corrected chi connectivity index (χ4v) is 2.09. The number of aromatic nitrogens is 3. The van der Waals surface area contributed by atoms with Crippen LogP contribution in [0.5, 0.6) is 0 Å². The van der Waals surface area contributed by atoms with E-state index in [1.165, 1.54) is 16.6 Å². The summed E-state index contributed by atoms with van der Waals surface area (Å²) in [7, 11) is 0. The van der Waals surface area contributed by atoms with Gasteiger partial charge in [0.25, 0.3) is 0 Å². The van der Waals surface area contributed by atoms with Crippen molar-refractivity contribution >= 4 is 11.9 Å². The minimum absolute atomic E-state index is 0.316. The van der Waals surface area contributed by atoms with Crippen molar-refractivity contribution in [2.45, 2.75) is 12.6 Å². The van der Waals surface area contributed by atoms with Gasteiger partial charge >= 0.3 is 6.18 Å². The molecule has 1 aromatic carbocycles. The molecule has 0 saturated heterocycles. The highest BCUT2D eigenvalue weighted by atomic mass is 19.4. The average Bonchev–Trinajstić information content (AvgIpc) is 2.88. The molecule has 2 aromatic heterocycles. The molecule has 112 valence electrons. The van der Waals surface area contributed by atoms with Crippen molar-refractivity contribution < 1.29 is 18.0 Å². The zero-order valence-corrected chi connectivity index (χ0v) is 11.2. The first-order chi connectivity index (χ1) is 10.5. The molecule has 3 rings (SSSR count). The molecule has 2 heterocycles. The van der Waals surface area contributed by atoms with Crippen LogP contribution in [-0.2, 0) is 12.6 Å². The monoisotopic (exact) mass is 305 g/mol. The van der Waals surface area contributed by atoms with Gasteiger partial charge in [0.15, 0.2) is 11.5 Å². The van der Waals surface area contributed by atoms with E-state index in [1.807, 2.05) is 0 Å². The van der Waals surface area contributed by atoms with Crippen LogP contribution in [0.1, 0.15) is 27.3 Å². The maximum Gasteiger partial charge on any atom is 0.416 e. The van der Waals surface area contributed by atoms with E-state index in [-0.39, 0.29) is 0 Å². The summed E-state index contributed by atoms with van der Waals surface area (Å²) in [6.45, 7) is 0. The van der Waals surface area contributed by atoms with Gasteiger partial charge in [-0.2, -0.15) is 18.3 Å². The Hall–Kier alpha value is -2.70. The van der Waals surface area contributed by atoms with E-state index in [0.29, 0.717) is 35.3 Å². The highest BCUT2D eigenvalue weighted by molar-refractivity contribution is 5.76. The number of rotatable bonds is 3. The van der Waals surface area contributed by atoms with Crippen molar-refractivity contribution in [2.75, 3.05) is 0 Å². The van der Waals surface area contributed by atoms with E-state index in [4.69, 9.17) is 0 Å². The molecular weight excluding hydrogens is 295 g/mol. The molecule has 0 aliphatic rings. The molecule has 0 bridgehead atoms. The Morgan fingerprint density at radius 2 is 1.86 bits per heavy atom. The lowest BCUT2D eigenvalue weighted by Gasteiger charge is -2.06. The lowest BCUT2D eigenvalue weighted by Crippen LogP contribution is -2.04. The fourth-order valence-electron chi connectivity index (χ4n) is 2.09. The van der Waals surface area contributed by atoms with Crippen molar-refractivity contribution in [3.8, 4) is 0 Å². The third-order valence-corrected chi connectivity index (χ3v) is 3.19. The average molecular weight is 305 g/mol. The highest BCUT2D eigenvalue weighted by Gasteiger charge is 2.29. The topological polar surface area (TPSA) is 47.3 Å². The maximum atomic E-state index is 12.5. The molecule has 0 fully saturated rings. The second-order valence-corrected chi connectivity index (χ2v) is 4.78. The van der Waals surface area contributed by atoms with Crippen molar-refractivity contribution in [1.82, 2.24) is 14.6 Å². The number of alkyl halides is 3. The van der Waals surface area contributed by atoms with Crippen LogP contribution < -0.4 is 0 Å². The Bertz CT molecular complexity index is 822. The third kappa shape index (κ3) is 2.83. The summed E-state index contributed by atoms with van der Waals surface area (Å²) < 4.78 is 39.0. The van der Waals surface area contributed by atoms with Gasteiger partial charge in [-0.1, -0.05) is 12.1 Å². The minimum atomic E-state index is -4.34. The predicted octanol–water partition coefficient (Wildman–Crippen LogP) is 3.15. The van der Waals surface area contributed by atoms with Gasteiger partial charge < -0.3 is 0 Å². The number of pyridine rings is 1. The zero-order valence-electron chi connectivity index (χ0n) is 11.2. The standard InChI is InChI=1S/C15H10F3N3O/c16-15(17,18)12-3-1-10(2-4-12)7-13-19-14-8-11(9-22)5-6-21(14)20-13/h1-6,8-9H,7H2. The first-order valence-corrected chi connectivity index (χ1v) is 6.42. The Morgan fingerprint density at radius 3 is 2.50 bits per heavy atom. The largest absolute Gasteiger partial charge is 0.416 e. The molecular formula is C15H10F3N3O. The first kappa shape index (κ1) is 14.2. The van der Waals surface area contributed by atoms with Crippen LogP contribution in [0.25, 0.3) is 5.65 Å². The van der Waals surface area contributed by atoms with Crippen molar-refractivity contribution in [2.24, 2.45) is 0 Å². The molecule has 4 nitrogen and oxygen atoms in total. The summed E-state index contributed by atoms with van der Waals surface area (Å²) in [4.78, 5) is 15.0. The molecule has 0 radical (unpaired) electrons. The SMILES string of the molecule is O=Cc1ccn2nc(Cc3ccc(C(F)(F)F)cc3)nc2c1. The molecule has 0 spiro atoms. The Kier molecular flexibility index (Phi) is 3.40. The van der Waals surface area contributed by atoms with E-state index in [1.54, 1.807) is 18.3 Å². The molecule has 7 heteroatoms. The second-order valence-electron chi connectivity index (χ2n) is 4.78. The summed E-state index contributed by atoms with van der Waals surface area (Å²) in [5.74, 6) is 0.475. The van der Waals surface area contributed by atoms with Crippen LogP contribution in [0.15, 0.2) is 42.6 Å². The number of nitrogens with zero attached hydrogens (tertiary/aromatic N) is 3. The Morgan fingerprint density at radius 1 is 1.14 bits per heavy atom. The summed E-state index contributed by atoms with van der Waals surface area (Å²) in [6, 6.07) is 8.09. The number of aldehydes is 1. The van der Waals surface area contributed by atoms with Gasteiger partial charge in [-0.3, -0.25) is 4.79 Å². The summed E-state index contributed by atoms with van der Waals surface area (Å²) in [5.41, 5.74) is 1.00. The van der Waals surface area contributed by atoms with Gasteiger partial charge in [0.2, 0.25) is 0 Å². The van der Waals surface area contributed by atoms with Gasteiger partial charge in [-0.05, 0) is 29.8 Å². The van der Waals surface area contributed by atoms with Crippen molar-refractivity contribution in [1.29, 1.82) is 0 Å². The van der Waals surface area contributed by atoms with E-state index in [0.717, 1.165) is 12.1 Å². The van der Waals surface area contributed by atoms with Crippen molar-refractivity contribution in [3.63, 3.8) is 0 Å². The molecule has 0 amide bonds. The van der Waals surface area contributed by atoms with E-state index in [9.17, 15) is 18.0 Å². The molecule has 0 atom stereocenters. The number of carbonyl (C=O) groups is 1. The molecule has 0 aliphatic carbocycles. The van der Waals surface area contributed by atoms with Gasteiger partial charge in [0, 0.05) is 18.2 Å². The van der Waals surface area contributed by atoms with Gasteiger partial charge in [0.05, 0.1) is 5.56 Å². The van der Waals surface area contributed by atoms with Crippen LogP contribution in [0.2, 0.25) is 0 Å². The van der Waals surface area contributed by atoms with Crippen LogP contribution in [0.3, 0.4) is 0 Å². The predicted molar refractivity (Wildman–Crippen MR) is 72.6 cm³/mol.